The number of allylic oxidation sites excluding steroid dienone is 1. The molecule has 8 atom stereocenters. The molecule has 0 aliphatic heterocycles. The first-order chi connectivity index (χ1) is 15.7. The van der Waals surface area contributed by atoms with Crippen molar-refractivity contribution in [2.24, 2.45) is 46.8 Å². The van der Waals surface area contributed by atoms with E-state index >= 15 is 0 Å². The van der Waals surface area contributed by atoms with Gasteiger partial charge in [0.25, 0.3) is 0 Å². The summed E-state index contributed by atoms with van der Waals surface area (Å²) in [4.78, 5) is 37.7. The maximum absolute atomic E-state index is 13.1. The third kappa shape index (κ3) is 3.42. The van der Waals surface area contributed by atoms with Gasteiger partial charge in [-0.05, 0) is 42.7 Å². The molecule has 4 aliphatic rings. The van der Waals surface area contributed by atoms with E-state index in [1.807, 2.05) is 46.8 Å². The van der Waals surface area contributed by atoms with Crippen LogP contribution in [0.2, 0.25) is 0 Å². The van der Waals surface area contributed by atoms with Crippen molar-refractivity contribution in [2.75, 3.05) is 6.61 Å². The average Bonchev–Trinajstić information content (AvgIpc) is 3.11. The molecule has 4 aliphatic carbocycles. The predicted octanol–water partition coefficient (Wildman–Crippen LogP) is 4.26. The highest BCUT2D eigenvalue weighted by Gasteiger charge is 2.82. The minimum absolute atomic E-state index is 0.0593. The Labute approximate surface area is 203 Å². The van der Waals surface area contributed by atoms with Crippen molar-refractivity contribution in [1.82, 2.24) is 0 Å². The summed E-state index contributed by atoms with van der Waals surface area (Å²) in [6.45, 7) is 15.5. The number of rotatable bonds is 5. The molecule has 0 saturated heterocycles. The van der Waals surface area contributed by atoms with Gasteiger partial charge in [-0.15, -0.1) is 0 Å². The molecule has 4 rings (SSSR count). The summed E-state index contributed by atoms with van der Waals surface area (Å²) in [5.41, 5.74) is -0.586. The largest absolute Gasteiger partial charge is 0.461 e. The Morgan fingerprint density at radius 2 is 1.82 bits per heavy atom. The van der Waals surface area contributed by atoms with Gasteiger partial charge in [-0.25, -0.2) is 0 Å². The van der Waals surface area contributed by atoms with Gasteiger partial charge in [0, 0.05) is 36.0 Å². The molecule has 0 aromatic heterocycles. The Hall–Kier alpha value is -1.95. The number of ether oxygens (including phenoxy) is 2. The highest BCUT2D eigenvalue weighted by atomic mass is 16.6. The van der Waals surface area contributed by atoms with Crippen molar-refractivity contribution in [3.63, 3.8) is 0 Å². The van der Waals surface area contributed by atoms with E-state index < -0.39 is 11.2 Å². The zero-order valence-corrected chi connectivity index (χ0v) is 21.8. The summed E-state index contributed by atoms with van der Waals surface area (Å²) in [5, 5.41) is 12.4. The number of aliphatic hydroxyl groups is 1. The zero-order valence-electron chi connectivity index (χ0n) is 21.8. The van der Waals surface area contributed by atoms with Gasteiger partial charge in [-0.1, -0.05) is 53.7 Å². The first-order valence-electron chi connectivity index (χ1n) is 12.7. The van der Waals surface area contributed by atoms with Crippen LogP contribution in [0, 0.1) is 46.8 Å². The molecular formula is C28H40O6. The summed E-state index contributed by atoms with van der Waals surface area (Å²) >= 11 is 0. The Kier molecular flexibility index (Phi) is 5.95. The van der Waals surface area contributed by atoms with Gasteiger partial charge < -0.3 is 14.6 Å². The van der Waals surface area contributed by atoms with Crippen LogP contribution in [0.4, 0.5) is 0 Å². The second kappa shape index (κ2) is 8.04. The number of carbonyl (C=O) groups excluding carboxylic acids is 3. The van der Waals surface area contributed by atoms with E-state index in [-0.39, 0.29) is 71.2 Å². The van der Waals surface area contributed by atoms with Crippen LogP contribution in [0.15, 0.2) is 23.3 Å². The second-order valence-corrected chi connectivity index (χ2v) is 12.2. The van der Waals surface area contributed by atoms with Gasteiger partial charge in [-0.2, -0.15) is 0 Å². The van der Waals surface area contributed by atoms with Gasteiger partial charge in [0.1, 0.15) is 12.2 Å². The fourth-order valence-electron chi connectivity index (χ4n) is 7.26. The normalized spacial score (nSPS) is 40.8. The molecule has 34 heavy (non-hydrogen) atoms. The van der Waals surface area contributed by atoms with E-state index in [2.05, 4.69) is 13.8 Å². The van der Waals surface area contributed by atoms with Gasteiger partial charge in [0.2, 0.25) is 0 Å². The van der Waals surface area contributed by atoms with Crippen LogP contribution in [-0.2, 0) is 23.9 Å². The van der Waals surface area contributed by atoms with E-state index in [9.17, 15) is 19.5 Å². The molecule has 0 amide bonds. The van der Waals surface area contributed by atoms with Crippen LogP contribution in [0.25, 0.3) is 0 Å². The van der Waals surface area contributed by atoms with E-state index in [0.29, 0.717) is 18.4 Å². The van der Waals surface area contributed by atoms with Crippen molar-refractivity contribution in [3.05, 3.63) is 23.3 Å². The summed E-state index contributed by atoms with van der Waals surface area (Å²) < 4.78 is 11.7. The van der Waals surface area contributed by atoms with Gasteiger partial charge in [0.15, 0.2) is 5.78 Å². The van der Waals surface area contributed by atoms with Crippen molar-refractivity contribution in [2.45, 2.75) is 79.4 Å². The van der Waals surface area contributed by atoms with Gasteiger partial charge in [-0.3, -0.25) is 14.4 Å². The van der Waals surface area contributed by atoms with Crippen molar-refractivity contribution in [1.29, 1.82) is 0 Å². The quantitative estimate of drug-likeness (QED) is 0.475. The minimum Gasteiger partial charge on any atom is -0.461 e. The van der Waals surface area contributed by atoms with E-state index in [4.69, 9.17) is 9.47 Å². The number of carbonyl (C=O) groups is 3. The van der Waals surface area contributed by atoms with Crippen LogP contribution in [0.1, 0.15) is 68.2 Å². The Morgan fingerprint density at radius 3 is 2.41 bits per heavy atom. The molecule has 6 heteroatoms. The zero-order chi connectivity index (χ0) is 25.4. The third-order valence-corrected chi connectivity index (χ3v) is 9.71. The number of Topliss-reactive ketones (excluding diaryl/α,β-unsaturated/α-hetero) is 1. The van der Waals surface area contributed by atoms with Crippen molar-refractivity contribution < 1.29 is 29.0 Å². The SMILES string of the molecule is CC(=O)OCC1=C[C@H]2[C@@H]3C(C)(C)[C@]3(OC(=O)C(C)C(C)C)C[C@@H](C)[C@]2(O)[C@@H]2C=C(C)C(=O)[C@@H]2C1. The van der Waals surface area contributed by atoms with E-state index in [1.54, 1.807) is 0 Å². The number of ketones is 1. The Balaban J connectivity index is 1.78. The van der Waals surface area contributed by atoms with Crippen LogP contribution >= 0.6 is 0 Å². The fourth-order valence-corrected chi connectivity index (χ4v) is 7.26. The number of esters is 2. The first kappa shape index (κ1) is 25.2. The molecular weight excluding hydrogens is 432 g/mol. The molecule has 1 unspecified atom stereocenters. The van der Waals surface area contributed by atoms with E-state index in [0.717, 1.165) is 5.57 Å². The molecule has 0 spiro atoms. The third-order valence-electron chi connectivity index (χ3n) is 9.71. The second-order valence-electron chi connectivity index (χ2n) is 12.2. The summed E-state index contributed by atoms with van der Waals surface area (Å²) in [6.07, 6.45) is 5.02. The lowest BCUT2D eigenvalue weighted by molar-refractivity contribution is -0.177. The number of hydrogen-bond donors (Lipinski definition) is 1. The van der Waals surface area contributed by atoms with Crippen LogP contribution < -0.4 is 0 Å². The molecule has 0 heterocycles. The number of hydrogen-bond acceptors (Lipinski definition) is 6. The van der Waals surface area contributed by atoms with Crippen LogP contribution in [0.3, 0.4) is 0 Å². The molecule has 188 valence electrons. The topological polar surface area (TPSA) is 89.9 Å². The summed E-state index contributed by atoms with van der Waals surface area (Å²) in [6, 6.07) is 0. The molecule has 6 nitrogen and oxygen atoms in total. The maximum atomic E-state index is 13.1. The molecule has 0 aromatic carbocycles. The first-order valence-corrected chi connectivity index (χ1v) is 12.7. The highest BCUT2D eigenvalue weighted by Crippen LogP contribution is 2.76. The monoisotopic (exact) mass is 472 g/mol. The molecule has 0 bridgehead atoms. The standard InChI is InChI=1S/C28H40O6/c1-14(2)17(5)25(31)34-27-12-16(4)28(32)21-9-15(3)23(30)20(21)10-19(13-33-18(6)29)11-22(28)24(27)26(27,7)8/h9,11,14,16-17,20-22,24,32H,10,12-13H2,1-8H3/t16-,17?,20-,21-,22+,24-,27+,28+/m1/s1. The lowest BCUT2D eigenvalue weighted by atomic mass is 9.61. The van der Waals surface area contributed by atoms with Crippen LogP contribution in [0.5, 0.6) is 0 Å². The smallest absolute Gasteiger partial charge is 0.309 e. The average molecular weight is 473 g/mol. The molecule has 2 fully saturated rings. The lowest BCUT2D eigenvalue weighted by Crippen LogP contribution is -2.56. The lowest BCUT2D eigenvalue weighted by Gasteiger charge is -2.49. The Morgan fingerprint density at radius 1 is 1.18 bits per heavy atom. The maximum Gasteiger partial charge on any atom is 0.309 e. The summed E-state index contributed by atoms with van der Waals surface area (Å²) in [7, 11) is 0. The minimum atomic E-state index is -1.14. The molecule has 0 radical (unpaired) electrons. The molecule has 2 saturated carbocycles. The van der Waals surface area contributed by atoms with E-state index in [1.165, 1.54) is 6.92 Å². The summed E-state index contributed by atoms with van der Waals surface area (Å²) in [5.74, 6) is -1.81. The van der Waals surface area contributed by atoms with Crippen molar-refractivity contribution >= 4 is 17.7 Å². The van der Waals surface area contributed by atoms with Crippen molar-refractivity contribution in [3.8, 4) is 0 Å². The predicted molar refractivity (Wildman–Crippen MR) is 127 cm³/mol. The van der Waals surface area contributed by atoms with Crippen LogP contribution in [-0.4, -0.2) is 40.6 Å². The Bertz CT molecular complexity index is 973. The molecule has 1 N–H and O–H groups in total. The highest BCUT2D eigenvalue weighted by molar-refractivity contribution is 6.00. The van der Waals surface area contributed by atoms with Gasteiger partial charge in [0.05, 0.1) is 11.5 Å². The number of fused-ring (bicyclic) bond motifs is 5. The van der Waals surface area contributed by atoms with Gasteiger partial charge >= 0.3 is 11.9 Å². The molecule has 0 aromatic rings. The fraction of sp³-hybridized carbons (Fsp3) is 0.750.